The predicted molar refractivity (Wildman–Crippen MR) is 102 cm³/mol. The number of aromatic nitrogens is 2. The molecule has 0 saturated heterocycles. The summed E-state index contributed by atoms with van der Waals surface area (Å²) in [6, 6.07) is 8.82. The number of amides is 2. The van der Waals surface area contributed by atoms with E-state index in [9.17, 15) is 9.59 Å². The van der Waals surface area contributed by atoms with Gasteiger partial charge in [0.15, 0.2) is 0 Å². The third-order valence-electron chi connectivity index (χ3n) is 3.42. The highest BCUT2D eigenvalue weighted by Crippen LogP contribution is 2.19. The van der Waals surface area contributed by atoms with Crippen LogP contribution < -0.4 is 16.0 Å². The first-order valence-corrected chi connectivity index (χ1v) is 8.33. The van der Waals surface area contributed by atoms with E-state index in [4.69, 9.17) is 0 Å². The molecule has 1 heterocycles. The van der Waals surface area contributed by atoms with E-state index >= 15 is 0 Å². The molecule has 0 atom stereocenters. The van der Waals surface area contributed by atoms with Gasteiger partial charge in [-0.05, 0) is 45.3 Å². The quantitative estimate of drug-likeness (QED) is 0.625. The zero-order chi connectivity index (χ0) is 18.9. The van der Waals surface area contributed by atoms with Gasteiger partial charge in [-0.25, -0.2) is 9.97 Å². The van der Waals surface area contributed by atoms with Gasteiger partial charge in [0.05, 0.1) is 0 Å². The largest absolute Gasteiger partial charge is 0.351 e. The van der Waals surface area contributed by atoms with Crippen LogP contribution in [-0.2, 0) is 4.79 Å². The molecular formula is C18H24N6O2. The standard InChI is InChI=1S/C18H24N6O2/c1-13(25)22-14-6-4-7-15(10-14)23-17-11-16(20-12-21-17)18(26)19-8-5-9-24(2)3/h4,6-7,10-12H,5,8-9H2,1-3H3,(H,19,26)(H,22,25)(H,20,21,23). The highest BCUT2D eigenvalue weighted by Gasteiger charge is 2.08. The normalized spacial score (nSPS) is 10.5. The molecular weight excluding hydrogens is 332 g/mol. The van der Waals surface area contributed by atoms with Crippen molar-refractivity contribution >= 4 is 29.0 Å². The maximum absolute atomic E-state index is 12.2. The Balaban J connectivity index is 1.98. The van der Waals surface area contributed by atoms with E-state index in [2.05, 4.69) is 30.8 Å². The Morgan fingerprint density at radius 2 is 1.88 bits per heavy atom. The molecule has 2 rings (SSSR count). The van der Waals surface area contributed by atoms with Gasteiger partial charge in [-0.1, -0.05) is 6.07 Å². The van der Waals surface area contributed by atoms with Crippen molar-refractivity contribution < 1.29 is 9.59 Å². The van der Waals surface area contributed by atoms with Crippen molar-refractivity contribution in [3.63, 3.8) is 0 Å². The first kappa shape index (κ1) is 19.3. The smallest absolute Gasteiger partial charge is 0.270 e. The molecule has 1 aromatic heterocycles. The van der Waals surface area contributed by atoms with Gasteiger partial charge in [0.2, 0.25) is 5.91 Å². The maximum atomic E-state index is 12.2. The highest BCUT2D eigenvalue weighted by atomic mass is 16.2. The van der Waals surface area contributed by atoms with Gasteiger partial charge in [0, 0.05) is 30.9 Å². The lowest BCUT2D eigenvalue weighted by Gasteiger charge is -2.10. The molecule has 0 saturated carbocycles. The fourth-order valence-electron chi connectivity index (χ4n) is 2.26. The van der Waals surface area contributed by atoms with Crippen molar-refractivity contribution in [2.45, 2.75) is 13.3 Å². The summed E-state index contributed by atoms with van der Waals surface area (Å²) in [7, 11) is 3.98. The lowest BCUT2D eigenvalue weighted by Crippen LogP contribution is -2.27. The monoisotopic (exact) mass is 356 g/mol. The van der Waals surface area contributed by atoms with Crippen LogP contribution >= 0.6 is 0 Å². The van der Waals surface area contributed by atoms with Gasteiger partial charge < -0.3 is 20.9 Å². The molecule has 0 aliphatic heterocycles. The molecule has 2 aromatic rings. The molecule has 0 aliphatic rings. The fraction of sp³-hybridized carbons (Fsp3) is 0.333. The molecule has 0 unspecified atom stereocenters. The molecule has 1 aromatic carbocycles. The Hall–Kier alpha value is -3.00. The second-order valence-electron chi connectivity index (χ2n) is 6.09. The summed E-state index contributed by atoms with van der Waals surface area (Å²) in [5.74, 6) is 0.122. The van der Waals surface area contributed by atoms with Crippen molar-refractivity contribution in [3.8, 4) is 0 Å². The molecule has 3 N–H and O–H groups in total. The highest BCUT2D eigenvalue weighted by molar-refractivity contribution is 5.93. The predicted octanol–water partition coefficient (Wildman–Crippen LogP) is 1.86. The van der Waals surface area contributed by atoms with E-state index in [1.807, 2.05) is 26.2 Å². The van der Waals surface area contributed by atoms with E-state index in [0.717, 1.165) is 18.7 Å². The van der Waals surface area contributed by atoms with E-state index in [-0.39, 0.29) is 11.8 Å². The van der Waals surface area contributed by atoms with Gasteiger partial charge >= 0.3 is 0 Å². The Morgan fingerprint density at radius 3 is 2.62 bits per heavy atom. The number of hydrogen-bond acceptors (Lipinski definition) is 6. The number of nitrogens with one attached hydrogen (secondary N) is 3. The average Bonchev–Trinajstić information content (AvgIpc) is 2.58. The van der Waals surface area contributed by atoms with Gasteiger partial charge in [0.1, 0.15) is 17.8 Å². The summed E-state index contributed by atoms with van der Waals surface area (Å²) >= 11 is 0. The SMILES string of the molecule is CC(=O)Nc1cccc(Nc2cc(C(=O)NCCCN(C)C)ncn2)c1. The average molecular weight is 356 g/mol. The first-order chi connectivity index (χ1) is 12.4. The van der Waals surface area contributed by atoms with E-state index in [1.165, 1.54) is 13.3 Å². The van der Waals surface area contributed by atoms with Crippen molar-refractivity contribution in [1.29, 1.82) is 0 Å². The molecule has 138 valence electrons. The van der Waals surface area contributed by atoms with Crippen LogP contribution in [0.4, 0.5) is 17.2 Å². The summed E-state index contributed by atoms with van der Waals surface area (Å²) < 4.78 is 0. The lowest BCUT2D eigenvalue weighted by atomic mass is 10.2. The van der Waals surface area contributed by atoms with Crippen molar-refractivity contribution in [2.24, 2.45) is 0 Å². The van der Waals surface area contributed by atoms with Crippen LogP contribution in [0.3, 0.4) is 0 Å². The zero-order valence-corrected chi connectivity index (χ0v) is 15.2. The van der Waals surface area contributed by atoms with Crippen molar-refractivity contribution in [1.82, 2.24) is 20.2 Å². The van der Waals surface area contributed by atoms with Crippen molar-refractivity contribution in [2.75, 3.05) is 37.8 Å². The topological polar surface area (TPSA) is 99.2 Å². The third-order valence-corrected chi connectivity index (χ3v) is 3.42. The zero-order valence-electron chi connectivity index (χ0n) is 15.2. The summed E-state index contributed by atoms with van der Waals surface area (Å²) in [6.07, 6.45) is 2.21. The van der Waals surface area contributed by atoms with Crippen LogP contribution in [0.15, 0.2) is 36.7 Å². The lowest BCUT2D eigenvalue weighted by molar-refractivity contribution is -0.114. The summed E-state index contributed by atoms with van der Waals surface area (Å²) in [5, 5.41) is 8.67. The molecule has 26 heavy (non-hydrogen) atoms. The molecule has 2 amide bonds. The second kappa shape index (κ2) is 9.47. The molecule has 0 radical (unpaired) electrons. The summed E-state index contributed by atoms with van der Waals surface area (Å²) in [5.41, 5.74) is 1.72. The third kappa shape index (κ3) is 6.48. The number of nitrogens with zero attached hydrogens (tertiary/aromatic N) is 3. The minimum atomic E-state index is -0.235. The Bertz CT molecular complexity index is 763. The van der Waals surface area contributed by atoms with E-state index in [1.54, 1.807) is 18.2 Å². The number of hydrogen-bond donors (Lipinski definition) is 3. The van der Waals surface area contributed by atoms with E-state index in [0.29, 0.717) is 23.7 Å². The van der Waals surface area contributed by atoms with Crippen LogP contribution in [0.25, 0.3) is 0 Å². The van der Waals surface area contributed by atoms with Gasteiger partial charge in [-0.3, -0.25) is 9.59 Å². The van der Waals surface area contributed by atoms with Crippen LogP contribution in [0.1, 0.15) is 23.8 Å². The maximum Gasteiger partial charge on any atom is 0.270 e. The number of carbonyl (C=O) groups excluding carboxylic acids is 2. The number of anilines is 3. The second-order valence-corrected chi connectivity index (χ2v) is 6.09. The fourth-order valence-corrected chi connectivity index (χ4v) is 2.26. The van der Waals surface area contributed by atoms with Crippen LogP contribution in [0, 0.1) is 0 Å². The summed E-state index contributed by atoms with van der Waals surface area (Å²) in [4.78, 5) is 33.5. The van der Waals surface area contributed by atoms with Crippen molar-refractivity contribution in [3.05, 3.63) is 42.4 Å². The minimum absolute atomic E-state index is 0.141. The summed E-state index contributed by atoms with van der Waals surface area (Å²) in [6.45, 7) is 2.94. The number of benzene rings is 1. The molecule has 0 aliphatic carbocycles. The molecule has 0 fully saturated rings. The number of carbonyl (C=O) groups is 2. The number of rotatable bonds is 8. The van der Waals surface area contributed by atoms with Crippen LogP contribution in [0.2, 0.25) is 0 Å². The molecule has 8 nitrogen and oxygen atoms in total. The first-order valence-electron chi connectivity index (χ1n) is 8.33. The van der Waals surface area contributed by atoms with Crippen LogP contribution in [0.5, 0.6) is 0 Å². The molecule has 8 heteroatoms. The van der Waals surface area contributed by atoms with Crippen LogP contribution in [-0.4, -0.2) is 53.9 Å². The Morgan fingerprint density at radius 1 is 1.12 bits per heavy atom. The van der Waals surface area contributed by atoms with Gasteiger partial charge in [-0.15, -0.1) is 0 Å². The van der Waals surface area contributed by atoms with Gasteiger partial charge in [-0.2, -0.15) is 0 Å². The minimum Gasteiger partial charge on any atom is -0.351 e. The Kier molecular flexibility index (Phi) is 7.04. The molecule has 0 bridgehead atoms. The Labute approximate surface area is 153 Å². The molecule has 0 spiro atoms. The van der Waals surface area contributed by atoms with E-state index < -0.39 is 0 Å². The van der Waals surface area contributed by atoms with Gasteiger partial charge in [0.25, 0.3) is 5.91 Å².